The topological polar surface area (TPSA) is 113 Å². The Labute approximate surface area is 110 Å². The number of ether oxygens (including phenoxy) is 1. The molecule has 0 aromatic carbocycles. The second-order valence-electron chi connectivity index (χ2n) is 4.21. The molecule has 1 aromatic heterocycles. The van der Waals surface area contributed by atoms with Crippen LogP contribution in [0.3, 0.4) is 0 Å². The molecule has 1 aromatic rings. The van der Waals surface area contributed by atoms with Crippen LogP contribution < -0.4 is 16.1 Å². The number of hydrogen-bond acceptors (Lipinski definition) is 6. The molecule has 0 bridgehead atoms. The molecule has 19 heavy (non-hydrogen) atoms. The number of aromatic amines is 1. The van der Waals surface area contributed by atoms with Gasteiger partial charge in [0.1, 0.15) is 12.3 Å². The van der Waals surface area contributed by atoms with Crippen molar-refractivity contribution < 1.29 is 20.1 Å². The van der Waals surface area contributed by atoms with Crippen LogP contribution >= 0.6 is 8.25 Å². The van der Waals surface area contributed by atoms with Crippen molar-refractivity contribution in [1.82, 2.24) is 9.55 Å². The van der Waals surface area contributed by atoms with Crippen LogP contribution in [0.5, 0.6) is 0 Å². The van der Waals surface area contributed by atoms with E-state index < -0.39 is 37.9 Å². The summed E-state index contributed by atoms with van der Waals surface area (Å²) < 4.78 is 29.2. The van der Waals surface area contributed by atoms with E-state index in [9.17, 15) is 19.0 Å². The molecule has 2 heterocycles. The number of H-pyrrole nitrogens is 1. The predicted octanol–water partition coefficient (Wildman–Crippen LogP) is -0.445. The minimum atomic E-state index is -3.06. The van der Waals surface area contributed by atoms with Gasteiger partial charge in [-0.2, -0.15) is 0 Å². The Morgan fingerprint density at radius 3 is 3.05 bits per heavy atom. The standard InChI is InChI=1S/C10H13N2O6P/c1-5-4-12(10(14)11-9(5)13)8-3-7(6(2)17-8)18-19(15)16/h4,6-8H,3H2,1-2H3,(H,11,13,14)/t6-,7-,8-/m1/s1/i2D. The third-order valence-electron chi connectivity index (χ3n) is 2.86. The van der Waals surface area contributed by atoms with Gasteiger partial charge in [0.05, 0.1) is 6.10 Å². The number of hydrogen-bond donors (Lipinski definition) is 1. The lowest BCUT2D eigenvalue weighted by atomic mass is 10.2. The van der Waals surface area contributed by atoms with Crippen LogP contribution in [0, 0.1) is 6.92 Å². The average molecular weight is 289 g/mol. The van der Waals surface area contributed by atoms with Gasteiger partial charge in [-0.25, -0.2) is 4.79 Å². The molecule has 1 unspecified atom stereocenters. The normalized spacial score (nSPS) is 28.2. The Kier molecular flexibility index (Phi) is 3.56. The maximum atomic E-state index is 11.7. The third-order valence-corrected chi connectivity index (χ3v) is 3.30. The van der Waals surface area contributed by atoms with Crippen LogP contribution in [0.25, 0.3) is 0 Å². The zero-order valence-electron chi connectivity index (χ0n) is 11.1. The molecule has 4 atom stereocenters. The third kappa shape index (κ3) is 2.98. The zero-order chi connectivity index (χ0) is 14.9. The molecule has 0 radical (unpaired) electrons. The molecular weight excluding hydrogens is 275 g/mol. The van der Waals surface area contributed by atoms with Gasteiger partial charge < -0.3 is 9.63 Å². The van der Waals surface area contributed by atoms with Gasteiger partial charge in [0.15, 0.2) is 0 Å². The van der Waals surface area contributed by atoms with E-state index in [-0.39, 0.29) is 13.3 Å². The largest absolute Gasteiger partial charge is 0.566 e. The minimum Gasteiger partial charge on any atom is -0.566 e. The molecule has 0 amide bonds. The Balaban J connectivity index is 2.27. The Bertz CT molecular complexity index is 629. The summed E-state index contributed by atoms with van der Waals surface area (Å²) in [4.78, 5) is 35.8. The first-order valence-electron chi connectivity index (χ1n) is 6.21. The van der Waals surface area contributed by atoms with Crippen molar-refractivity contribution in [2.75, 3.05) is 0 Å². The van der Waals surface area contributed by atoms with Crippen LogP contribution in [0.15, 0.2) is 15.8 Å². The fourth-order valence-electron chi connectivity index (χ4n) is 1.90. The number of aryl methyl sites for hydroxylation is 1. The fourth-order valence-corrected chi connectivity index (χ4v) is 2.34. The van der Waals surface area contributed by atoms with Crippen molar-refractivity contribution in [2.24, 2.45) is 0 Å². The van der Waals surface area contributed by atoms with E-state index in [0.29, 0.717) is 5.56 Å². The van der Waals surface area contributed by atoms with Crippen molar-refractivity contribution >= 4 is 8.25 Å². The molecule has 0 saturated carbocycles. The lowest BCUT2D eigenvalue weighted by Gasteiger charge is -2.13. The molecular formula is C10H13N2O6P. The van der Waals surface area contributed by atoms with Crippen molar-refractivity contribution in [2.45, 2.75) is 38.7 Å². The summed E-state index contributed by atoms with van der Waals surface area (Å²) >= 11 is 0. The second-order valence-corrected chi connectivity index (χ2v) is 4.87. The van der Waals surface area contributed by atoms with Crippen molar-refractivity contribution in [1.29, 1.82) is 0 Å². The molecule has 2 rings (SSSR count). The van der Waals surface area contributed by atoms with Crippen LogP contribution in [0.4, 0.5) is 0 Å². The van der Waals surface area contributed by atoms with Gasteiger partial charge >= 0.3 is 13.9 Å². The number of rotatable bonds is 3. The SMILES string of the molecule is [2H]C[C@H]1O[C@@H](n2cc(C)c(=O)[nH]c2=O)C[C@H]1O[P+](=O)[O-]. The van der Waals surface area contributed by atoms with E-state index in [1.807, 2.05) is 0 Å². The van der Waals surface area contributed by atoms with Gasteiger partial charge in [0.25, 0.3) is 5.56 Å². The first-order chi connectivity index (χ1) is 9.42. The summed E-state index contributed by atoms with van der Waals surface area (Å²) in [5, 5.41) is 0. The summed E-state index contributed by atoms with van der Waals surface area (Å²) in [5.41, 5.74) is -0.812. The van der Waals surface area contributed by atoms with E-state index in [0.717, 1.165) is 0 Å². The van der Waals surface area contributed by atoms with Gasteiger partial charge in [-0.3, -0.25) is 14.3 Å². The highest BCUT2D eigenvalue weighted by atomic mass is 31.1. The van der Waals surface area contributed by atoms with Crippen LogP contribution in [-0.2, 0) is 13.8 Å². The first kappa shape index (κ1) is 12.7. The molecule has 1 saturated heterocycles. The van der Waals surface area contributed by atoms with E-state index in [1.165, 1.54) is 17.7 Å². The van der Waals surface area contributed by atoms with Gasteiger partial charge in [-0.1, -0.05) is 0 Å². The van der Waals surface area contributed by atoms with Crippen LogP contribution in [-0.4, -0.2) is 21.8 Å². The predicted molar refractivity (Wildman–Crippen MR) is 62.7 cm³/mol. The monoisotopic (exact) mass is 289 g/mol. The second kappa shape index (κ2) is 5.34. The number of nitrogens with one attached hydrogen (secondary N) is 1. The van der Waals surface area contributed by atoms with Crippen LogP contribution in [0.2, 0.25) is 0 Å². The Hall–Kier alpha value is -1.34. The maximum absolute atomic E-state index is 11.7. The summed E-state index contributed by atoms with van der Waals surface area (Å²) in [5.74, 6) is 0. The van der Waals surface area contributed by atoms with Crippen molar-refractivity contribution in [3.63, 3.8) is 0 Å². The molecule has 0 aliphatic carbocycles. The zero-order valence-corrected chi connectivity index (χ0v) is 11.0. The molecule has 1 aliphatic heterocycles. The Morgan fingerprint density at radius 1 is 1.68 bits per heavy atom. The van der Waals surface area contributed by atoms with Crippen molar-refractivity contribution in [3.05, 3.63) is 32.6 Å². The smallest absolute Gasteiger partial charge is 0.488 e. The molecule has 8 nitrogen and oxygen atoms in total. The maximum Gasteiger partial charge on any atom is 0.488 e. The number of aromatic nitrogens is 2. The van der Waals surface area contributed by atoms with Gasteiger partial charge in [-0.05, 0) is 18.4 Å². The molecule has 1 aliphatic rings. The minimum absolute atomic E-state index is 0.109. The molecule has 9 heteroatoms. The van der Waals surface area contributed by atoms with Gasteiger partial charge in [0, 0.05) is 19.6 Å². The highest BCUT2D eigenvalue weighted by molar-refractivity contribution is 7.30. The van der Waals surface area contributed by atoms with E-state index in [2.05, 4.69) is 9.51 Å². The quantitative estimate of drug-likeness (QED) is 0.754. The average Bonchev–Trinajstić information content (AvgIpc) is 2.75. The summed E-state index contributed by atoms with van der Waals surface area (Å²) in [7, 11) is -3.06. The highest BCUT2D eigenvalue weighted by Gasteiger charge is 2.38. The molecule has 104 valence electrons. The first-order valence-corrected chi connectivity index (χ1v) is 6.60. The van der Waals surface area contributed by atoms with E-state index >= 15 is 0 Å². The Morgan fingerprint density at radius 2 is 2.42 bits per heavy atom. The van der Waals surface area contributed by atoms with Gasteiger partial charge in [-0.15, -0.1) is 4.52 Å². The van der Waals surface area contributed by atoms with Crippen molar-refractivity contribution in [3.8, 4) is 0 Å². The highest BCUT2D eigenvalue weighted by Crippen LogP contribution is 2.33. The molecule has 1 N–H and O–H groups in total. The molecule has 1 fully saturated rings. The molecule has 0 spiro atoms. The summed E-state index contributed by atoms with van der Waals surface area (Å²) in [6, 6.07) is 0. The number of nitrogens with zero attached hydrogens (tertiary/aromatic N) is 1. The van der Waals surface area contributed by atoms with Crippen LogP contribution in [0.1, 0.15) is 26.5 Å². The van der Waals surface area contributed by atoms with E-state index in [1.54, 1.807) is 0 Å². The summed E-state index contributed by atoms with van der Waals surface area (Å²) in [6.07, 6.45) is -0.872. The lowest BCUT2D eigenvalue weighted by Crippen LogP contribution is -2.33. The van der Waals surface area contributed by atoms with E-state index in [4.69, 9.17) is 6.11 Å². The fraction of sp³-hybridized carbons (Fsp3) is 0.600. The summed E-state index contributed by atoms with van der Waals surface area (Å²) in [6.45, 7) is 1.34. The lowest BCUT2D eigenvalue weighted by molar-refractivity contribution is -0.190. The van der Waals surface area contributed by atoms with Gasteiger partial charge in [0.2, 0.25) is 0 Å².